The fourth-order valence-electron chi connectivity index (χ4n) is 2.36. The molecule has 0 aliphatic carbocycles. The van der Waals surface area contributed by atoms with Crippen molar-refractivity contribution in [1.82, 2.24) is 10.3 Å². The summed E-state index contributed by atoms with van der Waals surface area (Å²) >= 11 is 16.0. The number of halogens is 3. The molecule has 1 aromatic heterocycles. The molecular formula is C13H11BrCl2N2. The molecule has 0 bridgehead atoms. The van der Waals surface area contributed by atoms with Gasteiger partial charge in [-0.05, 0) is 18.3 Å². The van der Waals surface area contributed by atoms with Crippen LogP contribution in [0.1, 0.15) is 24.1 Å². The second-order valence-corrected chi connectivity index (χ2v) is 6.14. The maximum Gasteiger partial charge on any atom is 0.0834 e. The Morgan fingerprint density at radius 1 is 1.39 bits per heavy atom. The lowest BCUT2D eigenvalue weighted by atomic mass is 10.0. The average Bonchev–Trinajstić information content (AvgIpc) is 2.63. The molecule has 2 aromatic rings. The minimum Gasteiger partial charge on any atom is -0.390 e. The third-order valence-corrected chi connectivity index (χ3v) is 4.69. The third-order valence-electron chi connectivity index (χ3n) is 3.28. The van der Waals surface area contributed by atoms with Crippen LogP contribution in [-0.2, 0) is 0 Å². The molecule has 3 rings (SSSR count). The van der Waals surface area contributed by atoms with E-state index in [0.717, 1.165) is 21.9 Å². The van der Waals surface area contributed by atoms with Gasteiger partial charge in [-0.2, -0.15) is 0 Å². The summed E-state index contributed by atoms with van der Waals surface area (Å²) < 4.78 is 0.961. The monoisotopic (exact) mass is 344 g/mol. The number of rotatable bonds is 0. The molecule has 2 N–H and O–H groups in total. The Morgan fingerprint density at radius 3 is 2.94 bits per heavy atom. The molecule has 0 radical (unpaired) electrons. The van der Waals surface area contributed by atoms with Crippen LogP contribution in [0.2, 0.25) is 10.0 Å². The van der Waals surface area contributed by atoms with Crippen molar-refractivity contribution < 1.29 is 0 Å². The molecule has 1 aromatic carbocycles. The van der Waals surface area contributed by atoms with Gasteiger partial charge in [-0.1, -0.05) is 46.1 Å². The van der Waals surface area contributed by atoms with Gasteiger partial charge in [-0.15, -0.1) is 0 Å². The van der Waals surface area contributed by atoms with Crippen LogP contribution in [0.25, 0.3) is 17.0 Å². The third kappa shape index (κ3) is 1.77. The van der Waals surface area contributed by atoms with Crippen molar-refractivity contribution in [2.75, 3.05) is 6.54 Å². The second kappa shape index (κ2) is 4.48. The maximum absolute atomic E-state index is 6.28. The fraction of sp³-hybridized carbons (Fsp3) is 0.231. The lowest BCUT2D eigenvalue weighted by Gasteiger charge is -2.07. The molecule has 1 aliphatic heterocycles. The molecule has 0 amide bonds. The smallest absolute Gasteiger partial charge is 0.0834 e. The number of hydrogen-bond donors (Lipinski definition) is 2. The van der Waals surface area contributed by atoms with E-state index in [9.17, 15) is 0 Å². The fourth-order valence-corrected chi connectivity index (χ4v) is 3.54. The van der Waals surface area contributed by atoms with E-state index in [4.69, 9.17) is 23.2 Å². The minimum atomic E-state index is 0.393. The quantitative estimate of drug-likeness (QED) is 0.652. The molecule has 2 nitrogen and oxygen atoms in total. The number of hydrogen-bond acceptors (Lipinski definition) is 1. The van der Waals surface area contributed by atoms with Crippen LogP contribution in [-0.4, -0.2) is 11.5 Å². The van der Waals surface area contributed by atoms with Gasteiger partial charge in [0.05, 0.1) is 15.6 Å². The molecule has 18 heavy (non-hydrogen) atoms. The summed E-state index contributed by atoms with van der Waals surface area (Å²) in [6.45, 7) is 3.08. The van der Waals surface area contributed by atoms with Gasteiger partial charge in [-0.3, -0.25) is 0 Å². The van der Waals surface area contributed by atoms with E-state index < -0.39 is 0 Å². The van der Waals surface area contributed by atoms with Crippen LogP contribution < -0.4 is 5.32 Å². The van der Waals surface area contributed by atoms with E-state index in [-0.39, 0.29) is 0 Å². The first-order valence-electron chi connectivity index (χ1n) is 5.68. The molecule has 0 spiro atoms. The van der Waals surface area contributed by atoms with Crippen molar-refractivity contribution in [2.45, 2.75) is 12.8 Å². The van der Waals surface area contributed by atoms with E-state index in [0.29, 0.717) is 16.0 Å². The zero-order chi connectivity index (χ0) is 12.9. The van der Waals surface area contributed by atoms with E-state index in [1.165, 1.54) is 11.3 Å². The van der Waals surface area contributed by atoms with Gasteiger partial charge in [-0.25, -0.2) is 0 Å². The molecule has 94 valence electrons. The molecule has 1 unspecified atom stereocenters. The number of aromatic amines is 1. The normalized spacial score (nSPS) is 18.6. The first kappa shape index (κ1) is 12.4. The van der Waals surface area contributed by atoms with Gasteiger partial charge in [0.2, 0.25) is 0 Å². The highest BCUT2D eigenvalue weighted by molar-refractivity contribution is 9.10. The summed E-state index contributed by atoms with van der Waals surface area (Å²) in [5, 5.41) is 5.49. The SMILES string of the molecule is CC1CNC=Cc2c1[nH]c1c(Cl)c(Cl)cc(Br)c21. The van der Waals surface area contributed by atoms with Gasteiger partial charge in [0, 0.05) is 33.6 Å². The molecule has 0 saturated carbocycles. The largest absolute Gasteiger partial charge is 0.390 e. The number of aromatic nitrogens is 1. The Hall–Kier alpha value is -0.640. The van der Waals surface area contributed by atoms with Gasteiger partial charge in [0.25, 0.3) is 0 Å². The van der Waals surface area contributed by atoms with Gasteiger partial charge < -0.3 is 10.3 Å². The molecule has 0 fully saturated rings. The highest BCUT2D eigenvalue weighted by atomic mass is 79.9. The van der Waals surface area contributed by atoms with Crippen LogP contribution in [0.15, 0.2) is 16.7 Å². The standard InChI is InChI=1S/C13H11BrCl2N2/c1-6-5-17-3-2-7-10-8(14)4-9(15)11(16)13(10)18-12(6)7/h2-4,6,17-18H,5H2,1H3. The predicted molar refractivity (Wildman–Crippen MR) is 81.5 cm³/mol. The first-order chi connectivity index (χ1) is 8.59. The number of nitrogens with one attached hydrogen (secondary N) is 2. The van der Waals surface area contributed by atoms with Crippen LogP contribution in [0, 0.1) is 0 Å². The zero-order valence-corrected chi connectivity index (χ0v) is 12.7. The van der Waals surface area contributed by atoms with Crippen LogP contribution in [0.4, 0.5) is 0 Å². The van der Waals surface area contributed by atoms with Crippen molar-refractivity contribution in [3.63, 3.8) is 0 Å². The molecule has 2 heterocycles. The van der Waals surface area contributed by atoms with Crippen LogP contribution >= 0.6 is 39.1 Å². The van der Waals surface area contributed by atoms with Crippen LogP contribution in [0.5, 0.6) is 0 Å². The van der Waals surface area contributed by atoms with E-state index in [2.05, 4.69) is 39.2 Å². The Bertz CT molecular complexity index is 661. The van der Waals surface area contributed by atoms with Gasteiger partial charge in [0.1, 0.15) is 0 Å². The number of H-pyrrole nitrogens is 1. The highest BCUT2D eigenvalue weighted by Crippen LogP contribution is 2.41. The summed E-state index contributed by atoms with van der Waals surface area (Å²) in [5.41, 5.74) is 3.27. The maximum atomic E-state index is 6.28. The summed E-state index contributed by atoms with van der Waals surface area (Å²) in [4.78, 5) is 3.42. The second-order valence-electron chi connectivity index (χ2n) is 4.50. The zero-order valence-electron chi connectivity index (χ0n) is 9.65. The van der Waals surface area contributed by atoms with Crippen LogP contribution in [0.3, 0.4) is 0 Å². The van der Waals surface area contributed by atoms with Crippen molar-refractivity contribution in [3.8, 4) is 0 Å². The number of fused-ring (bicyclic) bond motifs is 3. The Labute approximate surface area is 123 Å². The molecule has 1 aliphatic rings. The Kier molecular flexibility index (Phi) is 3.08. The van der Waals surface area contributed by atoms with Gasteiger partial charge in [0.15, 0.2) is 0 Å². The molecule has 1 atom stereocenters. The molecule has 0 saturated heterocycles. The molecule has 5 heteroatoms. The van der Waals surface area contributed by atoms with E-state index in [1.54, 1.807) is 0 Å². The molecular weight excluding hydrogens is 335 g/mol. The van der Waals surface area contributed by atoms with Crippen molar-refractivity contribution in [1.29, 1.82) is 0 Å². The van der Waals surface area contributed by atoms with Crippen molar-refractivity contribution in [2.24, 2.45) is 0 Å². The summed E-state index contributed by atoms with van der Waals surface area (Å²) in [7, 11) is 0. The van der Waals surface area contributed by atoms with Gasteiger partial charge >= 0.3 is 0 Å². The van der Waals surface area contributed by atoms with E-state index in [1.807, 2.05) is 12.3 Å². The lowest BCUT2D eigenvalue weighted by molar-refractivity contribution is 0.693. The van der Waals surface area contributed by atoms with Crippen molar-refractivity contribution >= 4 is 56.1 Å². The lowest BCUT2D eigenvalue weighted by Crippen LogP contribution is -2.12. The average molecular weight is 346 g/mol. The first-order valence-corrected chi connectivity index (χ1v) is 7.23. The highest BCUT2D eigenvalue weighted by Gasteiger charge is 2.21. The summed E-state index contributed by atoms with van der Waals surface area (Å²) in [6.07, 6.45) is 4.05. The summed E-state index contributed by atoms with van der Waals surface area (Å²) in [5.74, 6) is 0.393. The number of benzene rings is 1. The Balaban J connectivity index is 2.43. The van der Waals surface area contributed by atoms with Crippen molar-refractivity contribution in [3.05, 3.63) is 38.0 Å². The predicted octanol–water partition coefficient (Wildman–Crippen LogP) is 4.91. The Morgan fingerprint density at radius 2 is 2.17 bits per heavy atom. The van der Waals surface area contributed by atoms with E-state index >= 15 is 0 Å². The topological polar surface area (TPSA) is 27.8 Å². The summed E-state index contributed by atoms with van der Waals surface area (Å²) in [6, 6.07) is 1.84. The minimum absolute atomic E-state index is 0.393.